The Labute approximate surface area is 95.9 Å². The SMILES string of the molecule is CCCCC(CC)COCCCS(=O)O. The lowest BCUT2D eigenvalue weighted by molar-refractivity contribution is 0.0947. The minimum atomic E-state index is -1.67. The topological polar surface area (TPSA) is 46.5 Å². The van der Waals surface area contributed by atoms with Gasteiger partial charge in [-0.2, -0.15) is 0 Å². The zero-order valence-corrected chi connectivity index (χ0v) is 10.7. The Morgan fingerprint density at radius 3 is 2.60 bits per heavy atom. The van der Waals surface area contributed by atoms with E-state index < -0.39 is 11.1 Å². The fourth-order valence-corrected chi connectivity index (χ4v) is 1.80. The third-order valence-corrected chi connectivity index (χ3v) is 3.14. The Bertz CT molecular complexity index is 162. The molecule has 0 saturated carbocycles. The predicted molar refractivity (Wildman–Crippen MR) is 64.4 cm³/mol. The Morgan fingerprint density at radius 2 is 2.07 bits per heavy atom. The Morgan fingerprint density at radius 1 is 1.33 bits per heavy atom. The standard InChI is InChI=1S/C11H24O3S/c1-3-5-7-11(4-2)10-14-8-6-9-15(12)13/h11H,3-10H2,1-2H3,(H,12,13). The van der Waals surface area contributed by atoms with Gasteiger partial charge in [0.25, 0.3) is 0 Å². The van der Waals surface area contributed by atoms with Crippen molar-refractivity contribution in [2.75, 3.05) is 19.0 Å². The summed E-state index contributed by atoms with van der Waals surface area (Å²) >= 11 is -1.67. The van der Waals surface area contributed by atoms with E-state index in [1.165, 1.54) is 19.3 Å². The van der Waals surface area contributed by atoms with E-state index in [1.54, 1.807) is 0 Å². The third-order valence-electron chi connectivity index (χ3n) is 2.50. The van der Waals surface area contributed by atoms with E-state index in [0.717, 1.165) is 13.0 Å². The molecule has 0 bridgehead atoms. The van der Waals surface area contributed by atoms with Crippen LogP contribution in [-0.4, -0.2) is 27.7 Å². The average molecular weight is 236 g/mol. The number of ether oxygens (including phenoxy) is 1. The molecular weight excluding hydrogens is 212 g/mol. The van der Waals surface area contributed by atoms with Crippen LogP contribution in [0.5, 0.6) is 0 Å². The lowest BCUT2D eigenvalue weighted by atomic mass is 10.0. The number of unbranched alkanes of at least 4 members (excludes halogenated alkanes) is 1. The molecule has 15 heavy (non-hydrogen) atoms. The maximum Gasteiger partial charge on any atom is 0.152 e. The maximum atomic E-state index is 10.3. The van der Waals surface area contributed by atoms with Crippen LogP contribution in [0.2, 0.25) is 0 Å². The Kier molecular flexibility index (Phi) is 10.6. The van der Waals surface area contributed by atoms with Crippen molar-refractivity contribution in [2.45, 2.75) is 46.0 Å². The van der Waals surface area contributed by atoms with E-state index in [1.807, 2.05) is 0 Å². The van der Waals surface area contributed by atoms with E-state index in [-0.39, 0.29) is 0 Å². The van der Waals surface area contributed by atoms with Gasteiger partial charge < -0.3 is 9.29 Å². The summed E-state index contributed by atoms with van der Waals surface area (Å²) in [6, 6.07) is 0. The molecule has 92 valence electrons. The molecular formula is C11H24O3S. The lowest BCUT2D eigenvalue weighted by Crippen LogP contribution is -2.10. The highest BCUT2D eigenvalue weighted by Gasteiger charge is 2.05. The second-order valence-corrected chi connectivity index (χ2v) is 4.92. The Balaban J connectivity index is 3.33. The van der Waals surface area contributed by atoms with E-state index in [2.05, 4.69) is 13.8 Å². The van der Waals surface area contributed by atoms with Crippen molar-refractivity contribution in [1.82, 2.24) is 0 Å². The van der Waals surface area contributed by atoms with E-state index in [9.17, 15) is 4.21 Å². The van der Waals surface area contributed by atoms with Crippen LogP contribution in [0.1, 0.15) is 46.0 Å². The minimum Gasteiger partial charge on any atom is -0.381 e. The summed E-state index contributed by atoms with van der Waals surface area (Å²) in [6.07, 6.45) is 5.57. The van der Waals surface area contributed by atoms with Crippen molar-refractivity contribution in [2.24, 2.45) is 5.92 Å². The first kappa shape index (κ1) is 15.1. The van der Waals surface area contributed by atoms with E-state index >= 15 is 0 Å². The summed E-state index contributed by atoms with van der Waals surface area (Å²) in [4.78, 5) is 0. The minimum absolute atomic E-state index is 0.325. The van der Waals surface area contributed by atoms with Crippen LogP contribution in [0.25, 0.3) is 0 Å². The van der Waals surface area contributed by atoms with Crippen molar-refractivity contribution in [3.63, 3.8) is 0 Å². The van der Waals surface area contributed by atoms with Gasteiger partial charge in [0, 0.05) is 13.2 Å². The molecule has 0 heterocycles. The number of rotatable bonds is 10. The molecule has 0 aliphatic carbocycles. The van der Waals surface area contributed by atoms with Crippen LogP contribution in [0, 0.1) is 5.92 Å². The van der Waals surface area contributed by atoms with Gasteiger partial charge >= 0.3 is 0 Å². The molecule has 0 fully saturated rings. The number of hydrogen-bond acceptors (Lipinski definition) is 2. The van der Waals surface area contributed by atoms with E-state index in [0.29, 0.717) is 24.7 Å². The average Bonchev–Trinajstić information content (AvgIpc) is 2.21. The molecule has 3 nitrogen and oxygen atoms in total. The summed E-state index contributed by atoms with van der Waals surface area (Å²) in [6.45, 7) is 5.79. The van der Waals surface area contributed by atoms with Crippen LogP contribution < -0.4 is 0 Å². The zero-order chi connectivity index (χ0) is 11.5. The lowest BCUT2D eigenvalue weighted by Gasteiger charge is -2.14. The van der Waals surface area contributed by atoms with Gasteiger partial charge in [-0.05, 0) is 18.8 Å². The quantitative estimate of drug-likeness (QED) is 0.468. The smallest absolute Gasteiger partial charge is 0.152 e. The van der Waals surface area contributed by atoms with Crippen molar-refractivity contribution >= 4 is 11.1 Å². The van der Waals surface area contributed by atoms with Gasteiger partial charge in [-0.3, -0.25) is 0 Å². The molecule has 0 spiro atoms. The van der Waals surface area contributed by atoms with Crippen molar-refractivity contribution in [3.8, 4) is 0 Å². The van der Waals surface area contributed by atoms with Gasteiger partial charge in [-0.1, -0.05) is 33.1 Å². The fraction of sp³-hybridized carbons (Fsp3) is 1.00. The predicted octanol–water partition coefficient (Wildman–Crippen LogP) is 2.83. The summed E-state index contributed by atoms with van der Waals surface area (Å²) < 4.78 is 24.4. The molecule has 0 aromatic rings. The van der Waals surface area contributed by atoms with Crippen LogP contribution in [0.4, 0.5) is 0 Å². The maximum absolute atomic E-state index is 10.3. The van der Waals surface area contributed by atoms with Gasteiger partial charge in [0.05, 0.1) is 5.75 Å². The first-order chi connectivity index (χ1) is 7.20. The van der Waals surface area contributed by atoms with Gasteiger partial charge in [0.2, 0.25) is 0 Å². The molecule has 0 radical (unpaired) electrons. The van der Waals surface area contributed by atoms with Crippen molar-refractivity contribution in [3.05, 3.63) is 0 Å². The molecule has 2 atom stereocenters. The number of hydrogen-bond donors (Lipinski definition) is 1. The summed E-state index contributed by atoms with van der Waals surface area (Å²) in [5.41, 5.74) is 0. The highest BCUT2D eigenvalue weighted by atomic mass is 32.2. The molecule has 0 aliphatic rings. The first-order valence-electron chi connectivity index (χ1n) is 5.85. The summed E-state index contributed by atoms with van der Waals surface area (Å²) in [5.74, 6) is 0.982. The zero-order valence-electron chi connectivity index (χ0n) is 9.91. The molecule has 1 N–H and O–H groups in total. The van der Waals surface area contributed by atoms with Gasteiger partial charge in [0.15, 0.2) is 11.1 Å². The summed E-state index contributed by atoms with van der Waals surface area (Å²) in [5, 5.41) is 0. The third kappa shape index (κ3) is 10.4. The monoisotopic (exact) mass is 236 g/mol. The van der Waals surface area contributed by atoms with Crippen LogP contribution in [0.15, 0.2) is 0 Å². The molecule has 4 heteroatoms. The van der Waals surface area contributed by atoms with Crippen LogP contribution >= 0.6 is 0 Å². The molecule has 0 saturated heterocycles. The summed E-state index contributed by atoms with van der Waals surface area (Å²) in [7, 11) is 0. The van der Waals surface area contributed by atoms with Gasteiger partial charge in [-0.15, -0.1) is 0 Å². The van der Waals surface area contributed by atoms with E-state index in [4.69, 9.17) is 9.29 Å². The molecule has 0 amide bonds. The molecule has 0 aromatic carbocycles. The normalized spacial score (nSPS) is 15.1. The van der Waals surface area contributed by atoms with Crippen LogP contribution in [0.3, 0.4) is 0 Å². The van der Waals surface area contributed by atoms with Crippen LogP contribution in [-0.2, 0) is 15.8 Å². The second kappa shape index (κ2) is 10.6. The largest absolute Gasteiger partial charge is 0.381 e. The van der Waals surface area contributed by atoms with Crippen molar-refractivity contribution < 1.29 is 13.5 Å². The first-order valence-corrected chi connectivity index (χ1v) is 7.13. The Hall–Kier alpha value is 0.0700. The fourth-order valence-electron chi connectivity index (χ4n) is 1.43. The van der Waals surface area contributed by atoms with Crippen molar-refractivity contribution in [1.29, 1.82) is 0 Å². The second-order valence-electron chi connectivity index (χ2n) is 3.87. The molecule has 0 rings (SSSR count). The molecule has 2 unspecified atom stereocenters. The highest BCUT2D eigenvalue weighted by Crippen LogP contribution is 2.12. The molecule has 0 aliphatic heterocycles. The highest BCUT2D eigenvalue weighted by molar-refractivity contribution is 7.79. The van der Waals surface area contributed by atoms with Gasteiger partial charge in [0.1, 0.15) is 0 Å². The van der Waals surface area contributed by atoms with Gasteiger partial charge in [-0.25, -0.2) is 4.21 Å². The molecule has 0 aromatic heterocycles.